The third-order valence-corrected chi connectivity index (χ3v) is 4.22. The summed E-state index contributed by atoms with van der Waals surface area (Å²) >= 11 is 0. The van der Waals surface area contributed by atoms with Crippen molar-refractivity contribution in [2.75, 3.05) is 13.1 Å². The van der Waals surface area contributed by atoms with E-state index in [9.17, 15) is 5.11 Å². The summed E-state index contributed by atoms with van der Waals surface area (Å²) in [6, 6.07) is 0.814. The maximum absolute atomic E-state index is 9.40. The van der Waals surface area contributed by atoms with Crippen molar-refractivity contribution in [1.82, 2.24) is 4.90 Å². The summed E-state index contributed by atoms with van der Waals surface area (Å²) in [7, 11) is 0. The zero-order valence-corrected chi connectivity index (χ0v) is 8.21. The summed E-state index contributed by atoms with van der Waals surface area (Å²) in [5, 5.41) is 9.40. The highest BCUT2D eigenvalue weighted by Gasteiger charge is 2.53. The van der Waals surface area contributed by atoms with E-state index < -0.39 is 0 Å². The molecule has 0 aromatic heterocycles. The number of likely N-dealkylation sites (tertiary alicyclic amines) is 1. The Morgan fingerprint density at radius 1 is 1.00 bits per heavy atom. The molecule has 0 bridgehead atoms. The second-order valence-electron chi connectivity index (χ2n) is 5.37. The number of nitrogens with zero attached hydrogens (tertiary/aromatic N) is 1. The average Bonchev–Trinajstić information content (AvgIpc) is 2.83. The van der Waals surface area contributed by atoms with Crippen LogP contribution in [0.1, 0.15) is 38.5 Å². The van der Waals surface area contributed by atoms with Crippen LogP contribution in [0.15, 0.2) is 0 Å². The summed E-state index contributed by atoms with van der Waals surface area (Å²) in [6.45, 7) is 2.74. The van der Waals surface area contributed by atoms with Crippen LogP contribution in [0.25, 0.3) is 0 Å². The van der Waals surface area contributed by atoms with Crippen LogP contribution in [0.4, 0.5) is 0 Å². The van der Waals surface area contributed by atoms with Crippen molar-refractivity contribution in [3.8, 4) is 0 Å². The highest BCUT2D eigenvalue weighted by Crippen LogP contribution is 2.54. The lowest BCUT2D eigenvalue weighted by atomic mass is 9.86. The third-order valence-electron chi connectivity index (χ3n) is 4.22. The Morgan fingerprint density at radius 3 is 2.15 bits per heavy atom. The zero-order chi connectivity index (χ0) is 8.89. The van der Waals surface area contributed by atoms with Gasteiger partial charge in [0.15, 0.2) is 0 Å². The topological polar surface area (TPSA) is 23.5 Å². The van der Waals surface area contributed by atoms with Gasteiger partial charge in [-0.25, -0.2) is 0 Å². The van der Waals surface area contributed by atoms with Gasteiger partial charge in [-0.2, -0.15) is 0 Å². The van der Waals surface area contributed by atoms with Crippen molar-refractivity contribution in [3.63, 3.8) is 0 Å². The van der Waals surface area contributed by atoms with Crippen LogP contribution in [0.3, 0.4) is 0 Å². The molecule has 1 N–H and O–H groups in total. The lowest BCUT2D eigenvalue weighted by Gasteiger charge is -2.47. The number of hydrogen-bond acceptors (Lipinski definition) is 2. The molecule has 3 rings (SSSR count). The van der Waals surface area contributed by atoms with Crippen molar-refractivity contribution in [3.05, 3.63) is 0 Å². The van der Waals surface area contributed by atoms with Gasteiger partial charge in [-0.05, 0) is 43.9 Å². The molecule has 3 aliphatic rings. The summed E-state index contributed by atoms with van der Waals surface area (Å²) in [4.78, 5) is 2.65. The first-order chi connectivity index (χ1) is 6.27. The normalized spacial score (nSPS) is 43.2. The molecule has 0 aromatic carbocycles. The monoisotopic (exact) mass is 181 g/mol. The van der Waals surface area contributed by atoms with Gasteiger partial charge in [-0.15, -0.1) is 0 Å². The Labute approximate surface area is 79.9 Å². The Hall–Kier alpha value is -0.0800. The van der Waals surface area contributed by atoms with Crippen LogP contribution < -0.4 is 0 Å². The lowest BCUT2D eigenvalue weighted by Crippen LogP contribution is -2.54. The van der Waals surface area contributed by atoms with Gasteiger partial charge in [-0.1, -0.05) is 0 Å². The van der Waals surface area contributed by atoms with E-state index in [0.29, 0.717) is 0 Å². The standard InChI is InChI=1S/C11H19NO/c13-10-3-1-9(2-4-10)12-7-11(8-12)5-6-11/h9-10,13H,1-8H2. The van der Waals surface area contributed by atoms with Crippen LogP contribution in [0.5, 0.6) is 0 Å². The summed E-state index contributed by atoms with van der Waals surface area (Å²) < 4.78 is 0. The largest absolute Gasteiger partial charge is 0.393 e. The molecule has 1 spiro atoms. The molecule has 2 heteroatoms. The second-order valence-corrected chi connectivity index (χ2v) is 5.37. The number of hydrogen-bond donors (Lipinski definition) is 1. The highest BCUT2D eigenvalue weighted by molar-refractivity contribution is 5.07. The van der Waals surface area contributed by atoms with Gasteiger partial charge in [0.05, 0.1) is 6.10 Å². The smallest absolute Gasteiger partial charge is 0.0541 e. The first-order valence-corrected chi connectivity index (χ1v) is 5.70. The van der Waals surface area contributed by atoms with E-state index in [-0.39, 0.29) is 6.10 Å². The summed E-state index contributed by atoms with van der Waals surface area (Å²) in [6.07, 6.45) is 7.52. The Balaban J connectivity index is 1.50. The predicted molar refractivity (Wildman–Crippen MR) is 51.5 cm³/mol. The summed E-state index contributed by atoms with van der Waals surface area (Å²) in [5.41, 5.74) is 0.802. The molecular weight excluding hydrogens is 162 g/mol. The lowest BCUT2D eigenvalue weighted by molar-refractivity contribution is -0.000814. The highest BCUT2D eigenvalue weighted by atomic mass is 16.3. The van der Waals surface area contributed by atoms with Crippen LogP contribution in [0.2, 0.25) is 0 Å². The van der Waals surface area contributed by atoms with Crippen LogP contribution in [0, 0.1) is 5.41 Å². The van der Waals surface area contributed by atoms with Crippen LogP contribution in [-0.4, -0.2) is 35.2 Å². The van der Waals surface area contributed by atoms with Gasteiger partial charge in [0.2, 0.25) is 0 Å². The molecule has 2 nitrogen and oxygen atoms in total. The molecule has 13 heavy (non-hydrogen) atoms. The SMILES string of the molecule is OC1CCC(N2CC3(CC3)C2)CC1. The predicted octanol–water partition coefficient (Wildman–Crippen LogP) is 1.39. The third kappa shape index (κ3) is 1.40. The molecular formula is C11H19NO. The van der Waals surface area contributed by atoms with E-state index in [1.807, 2.05) is 0 Å². The molecule has 0 aromatic rings. The maximum Gasteiger partial charge on any atom is 0.0541 e. The second kappa shape index (κ2) is 2.71. The molecule has 0 radical (unpaired) electrons. The fraction of sp³-hybridized carbons (Fsp3) is 1.00. The van der Waals surface area contributed by atoms with Crippen molar-refractivity contribution in [2.45, 2.75) is 50.7 Å². The van der Waals surface area contributed by atoms with Crippen molar-refractivity contribution in [2.24, 2.45) is 5.41 Å². The number of aliphatic hydroxyl groups is 1. The fourth-order valence-electron chi connectivity index (χ4n) is 2.99. The van der Waals surface area contributed by atoms with E-state index in [0.717, 1.165) is 24.3 Å². The fourth-order valence-corrected chi connectivity index (χ4v) is 2.99. The summed E-state index contributed by atoms with van der Waals surface area (Å²) in [5.74, 6) is 0. The van der Waals surface area contributed by atoms with E-state index in [2.05, 4.69) is 4.90 Å². The van der Waals surface area contributed by atoms with E-state index in [1.165, 1.54) is 38.8 Å². The maximum atomic E-state index is 9.40. The zero-order valence-electron chi connectivity index (χ0n) is 8.21. The first-order valence-electron chi connectivity index (χ1n) is 5.70. The molecule has 0 amide bonds. The van der Waals surface area contributed by atoms with Gasteiger partial charge in [0.1, 0.15) is 0 Å². The van der Waals surface area contributed by atoms with Gasteiger partial charge in [0.25, 0.3) is 0 Å². The van der Waals surface area contributed by atoms with Crippen LogP contribution in [-0.2, 0) is 0 Å². The molecule has 3 fully saturated rings. The minimum absolute atomic E-state index is 0.00686. The average molecular weight is 181 g/mol. The van der Waals surface area contributed by atoms with Crippen LogP contribution >= 0.6 is 0 Å². The quantitative estimate of drug-likeness (QED) is 0.660. The van der Waals surface area contributed by atoms with Gasteiger partial charge in [-0.3, -0.25) is 4.90 Å². The molecule has 0 unspecified atom stereocenters. The molecule has 2 aliphatic carbocycles. The Kier molecular flexibility index (Phi) is 1.72. The molecule has 0 atom stereocenters. The van der Waals surface area contributed by atoms with Gasteiger partial charge < -0.3 is 5.11 Å². The van der Waals surface area contributed by atoms with E-state index in [1.54, 1.807) is 0 Å². The molecule has 74 valence electrons. The van der Waals surface area contributed by atoms with Gasteiger partial charge in [0, 0.05) is 19.1 Å². The van der Waals surface area contributed by atoms with Crippen molar-refractivity contribution in [1.29, 1.82) is 0 Å². The van der Waals surface area contributed by atoms with Crippen molar-refractivity contribution < 1.29 is 5.11 Å². The molecule has 1 saturated heterocycles. The number of aliphatic hydroxyl groups excluding tert-OH is 1. The Morgan fingerprint density at radius 2 is 1.62 bits per heavy atom. The van der Waals surface area contributed by atoms with Crippen molar-refractivity contribution >= 4 is 0 Å². The Bertz CT molecular complexity index is 196. The first kappa shape index (κ1) is 8.25. The number of rotatable bonds is 1. The molecule has 1 heterocycles. The minimum atomic E-state index is 0.00686. The van der Waals surface area contributed by atoms with E-state index >= 15 is 0 Å². The molecule has 2 saturated carbocycles. The molecule has 1 aliphatic heterocycles. The van der Waals surface area contributed by atoms with E-state index in [4.69, 9.17) is 0 Å². The van der Waals surface area contributed by atoms with Gasteiger partial charge >= 0.3 is 0 Å². The minimum Gasteiger partial charge on any atom is -0.393 e.